The number of carbonyl (C=O) groups excluding carboxylic acids is 1. The molecule has 0 N–H and O–H groups in total. The fourth-order valence-electron chi connectivity index (χ4n) is 5.31. The summed E-state index contributed by atoms with van der Waals surface area (Å²) in [5.41, 5.74) is 3.49. The predicted octanol–water partition coefficient (Wildman–Crippen LogP) is 4.67. The van der Waals surface area contributed by atoms with Gasteiger partial charge in [0.05, 0.1) is 0 Å². The van der Waals surface area contributed by atoms with E-state index in [1.54, 1.807) is 0 Å². The van der Waals surface area contributed by atoms with Gasteiger partial charge in [0, 0.05) is 61.0 Å². The molecule has 1 amide bonds. The molecular formula is C24H34ClN3O. The molecule has 4 nitrogen and oxygen atoms in total. The van der Waals surface area contributed by atoms with E-state index in [1.165, 1.54) is 12.1 Å². The number of piperidine rings is 1. The zero-order valence-corrected chi connectivity index (χ0v) is 18.6. The molecule has 4 rings (SSSR count). The smallest absolute Gasteiger partial charge is 0.224 e. The summed E-state index contributed by atoms with van der Waals surface area (Å²) in [5, 5.41) is 0.750. The summed E-state index contributed by atoms with van der Waals surface area (Å²) < 4.78 is 0. The molecule has 2 unspecified atom stereocenters. The molecule has 3 aliphatic heterocycles. The lowest BCUT2D eigenvalue weighted by Crippen LogP contribution is -2.40. The fraction of sp³-hybridized carbons (Fsp3) is 0.625. The van der Waals surface area contributed by atoms with Crippen molar-refractivity contribution in [2.45, 2.75) is 57.5 Å². The maximum atomic E-state index is 12.8. The van der Waals surface area contributed by atoms with Crippen molar-refractivity contribution in [3.63, 3.8) is 0 Å². The Hall–Kier alpha value is -1.52. The number of amides is 1. The minimum Gasteiger partial charge on any atom is -0.370 e. The third-order valence-electron chi connectivity index (χ3n) is 7.35. The van der Waals surface area contributed by atoms with Gasteiger partial charge in [-0.3, -0.25) is 9.69 Å². The van der Waals surface area contributed by atoms with E-state index in [9.17, 15) is 4.79 Å². The van der Waals surface area contributed by atoms with Gasteiger partial charge in [0.15, 0.2) is 0 Å². The average Bonchev–Trinajstić information content (AvgIpc) is 3.09. The van der Waals surface area contributed by atoms with E-state index in [0.717, 1.165) is 73.9 Å². The topological polar surface area (TPSA) is 26.8 Å². The number of likely N-dealkylation sites (N-methyl/N-ethyl adjacent to an activating group) is 1. The number of hydrogen-bond donors (Lipinski definition) is 0. The number of hydrogen-bond acceptors (Lipinski definition) is 3. The van der Waals surface area contributed by atoms with Gasteiger partial charge in [-0.1, -0.05) is 25.1 Å². The van der Waals surface area contributed by atoms with Crippen LogP contribution in [0.1, 0.15) is 51.0 Å². The van der Waals surface area contributed by atoms with Crippen molar-refractivity contribution in [1.29, 1.82) is 0 Å². The normalized spacial score (nSPS) is 26.1. The SMILES string of the molecule is C=C1c2cc(Cl)ccc2N(CCC(=O)N2CCC(C)CC2)CCC2CCC1N2C. The number of likely N-dealkylation sites (tertiary alicyclic amines) is 1. The Morgan fingerprint density at radius 1 is 1.14 bits per heavy atom. The number of carbonyl (C=O) groups is 1. The molecule has 1 aromatic carbocycles. The summed E-state index contributed by atoms with van der Waals surface area (Å²) >= 11 is 6.37. The fourth-order valence-corrected chi connectivity index (χ4v) is 5.48. The molecule has 0 spiro atoms. The predicted molar refractivity (Wildman–Crippen MR) is 121 cm³/mol. The summed E-state index contributed by atoms with van der Waals surface area (Å²) in [5.74, 6) is 1.04. The van der Waals surface area contributed by atoms with Crippen molar-refractivity contribution in [1.82, 2.24) is 9.80 Å². The standard InChI is InChI=1S/C24H34ClN3O/c1-17-8-12-28(13-9-17)24(29)11-15-27-14-10-20-5-7-22(26(20)3)18(2)21-16-19(25)4-6-23(21)27/h4,6,16-17,20,22H,2,5,7-15H2,1,3H3. The van der Waals surface area contributed by atoms with E-state index in [4.69, 9.17) is 11.6 Å². The van der Waals surface area contributed by atoms with Crippen LogP contribution in [0.4, 0.5) is 5.69 Å². The van der Waals surface area contributed by atoms with Crippen LogP contribution in [0.25, 0.3) is 5.57 Å². The highest BCUT2D eigenvalue weighted by atomic mass is 35.5. The van der Waals surface area contributed by atoms with Gasteiger partial charge >= 0.3 is 0 Å². The van der Waals surface area contributed by atoms with Crippen molar-refractivity contribution in [3.8, 4) is 0 Å². The van der Waals surface area contributed by atoms with Crippen LogP contribution in [0.3, 0.4) is 0 Å². The quantitative estimate of drug-likeness (QED) is 0.717. The Morgan fingerprint density at radius 2 is 1.90 bits per heavy atom. The van der Waals surface area contributed by atoms with Crippen LogP contribution in [0.2, 0.25) is 5.02 Å². The van der Waals surface area contributed by atoms with Crippen LogP contribution in [0.15, 0.2) is 24.8 Å². The first-order valence-corrected chi connectivity index (χ1v) is 11.5. The van der Waals surface area contributed by atoms with E-state index < -0.39 is 0 Å². The van der Waals surface area contributed by atoms with Gasteiger partial charge in [-0.15, -0.1) is 0 Å². The van der Waals surface area contributed by atoms with Crippen molar-refractivity contribution in [2.75, 3.05) is 38.1 Å². The number of fused-ring (bicyclic) bond motifs is 3. The van der Waals surface area contributed by atoms with Gasteiger partial charge in [0.1, 0.15) is 0 Å². The lowest BCUT2D eigenvalue weighted by Gasteiger charge is -2.32. The molecule has 2 bridgehead atoms. The van der Waals surface area contributed by atoms with Gasteiger partial charge in [0.25, 0.3) is 0 Å². The molecule has 0 radical (unpaired) electrons. The summed E-state index contributed by atoms with van der Waals surface area (Å²) in [6.45, 7) is 10.3. The Kier molecular flexibility index (Phi) is 6.21. The Balaban J connectivity index is 1.53. The molecule has 0 aliphatic carbocycles. The van der Waals surface area contributed by atoms with Crippen molar-refractivity contribution in [2.24, 2.45) is 5.92 Å². The largest absolute Gasteiger partial charge is 0.370 e. The van der Waals surface area contributed by atoms with Crippen molar-refractivity contribution < 1.29 is 4.79 Å². The van der Waals surface area contributed by atoms with E-state index in [-0.39, 0.29) is 0 Å². The summed E-state index contributed by atoms with van der Waals surface area (Å²) in [7, 11) is 2.23. The molecule has 1 aromatic rings. The molecule has 3 aliphatic rings. The van der Waals surface area contributed by atoms with Crippen LogP contribution in [0, 0.1) is 5.92 Å². The molecule has 3 heterocycles. The third kappa shape index (κ3) is 4.34. The lowest BCUT2D eigenvalue weighted by molar-refractivity contribution is -0.132. The van der Waals surface area contributed by atoms with E-state index in [0.29, 0.717) is 24.4 Å². The number of benzene rings is 1. The van der Waals surface area contributed by atoms with Crippen LogP contribution >= 0.6 is 11.6 Å². The van der Waals surface area contributed by atoms with Gasteiger partial charge in [-0.25, -0.2) is 0 Å². The Labute approximate surface area is 180 Å². The average molecular weight is 416 g/mol. The maximum absolute atomic E-state index is 12.8. The second-order valence-corrected chi connectivity index (χ2v) is 9.62. The second kappa shape index (κ2) is 8.69. The number of anilines is 1. The van der Waals surface area contributed by atoms with Crippen LogP contribution in [-0.2, 0) is 4.79 Å². The maximum Gasteiger partial charge on any atom is 0.224 e. The van der Waals surface area contributed by atoms with Crippen LogP contribution < -0.4 is 4.90 Å². The van der Waals surface area contributed by atoms with E-state index in [2.05, 4.69) is 47.4 Å². The molecule has 0 saturated carbocycles. The summed E-state index contributed by atoms with van der Waals surface area (Å²) in [4.78, 5) is 19.8. The lowest BCUT2D eigenvalue weighted by atomic mass is 9.95. The Morgan fingerprint density at radius 3 is 2.66 bits per heavy atom. The first-order chi connectivity index (χ1) is 13.9. The summed E-state index contributed by atoms with van der Waals surface area (Å²) in [6.07, 6.45) is 6.34. The van der Waals surface area contributed by atoms with Gasteiger partial charge < -0.3 is 9.80 Å². The molecule has 0 aromatic heterocycles. The highest BCUT2D eigenvalue weighted by Gasteiger charge is 2.35. The molecular weight excluding hydrogens is 382 g/mol. The number of rotatable bonds is 3. The van der Waals surface area contributed by atoms with Crippen molar-refractivity contribution >= 4 is 28.8 Å². The first kappa shape index (κ1) is 20.7. The molecule has 158 valence electrons. The number of halogens is 1. The van der Waals surface area contributed by atoms with Gasteiger partial charge in [-0.05, 0) is 68.8 Å². The first-order valence-electron chi connectivity index (χ1n) is 11.2. The molecule has 2 atom stereocenters. The highest BCUT2D eigenvalue weighted by Crippen LogP contribution is 2.40. The molecule has 29 heavy (non-hydrogen) atoms. The van der Waals surface area contributed by atoms with Crippen LogP contribution in [-0.4, -0.2) is 61.0 Å². The number of nitrogens with zero attached hydrogens (tertiary/aromatic N) is 3. The van der Waals surface area contributed by atoms with E-state index >= 15 is 0 Å². The van der Waals surface area contributed by atoms with E-state index in [1.807, 2.05) is 6.07 Å². The van der Waals surface area contributed by atoms with Crippen LogP contribution in [0.5, 0.6) is 0 Å². The monoisotopic (exact) mass is 415 g/mol. The zero-order valence-electron chi connectivity index (χ0n) is 17.9. The molecule has 5 heteroatoms. The molecule has 2 fully saturated rings. The van der Waals surface area contributed by atoms with Gasteiger partial charge in [0.2, 0.25) is 5.91 Å². The minimum absolute atomic E-state index is 0.296. The summed E-state index contributed by atoms with van der Waals surface area (Å²) in [6, 6.07) is 7.12. The highest BCUT2D eigenvalue weighted by molar-refractivity contribution is 6.30. The minimum atomic E-state index is 0.296. The van der Waals surface area contributed by atoms with Gasteiger partial charge in [-0.2, -0.15) is 0 Å². The second-order valence-electron chi connectivity index (χ2n) is 9.19. The zero-order chi connectivity index (χ0) is 20.5. The molecule has 2 saturated heterocycles. The van der Waals surface area contributed by atoms with Crippen molar-refractivity contribution in [3.05, 3.63) is 35.4 Å². The Bertz CT molecular complexity index is 771. The third-order valence-corrected chi connectivity index (χ3v) is 7.59.